The molecule has 1 aromatic heterocycles. The van der Waals surface area contributed by atoms with E-state index in [1.54, 1.807) is 30.3 Å². The lowest BCUT2D eigenvalue weighted by atomic mass is 10.00. The minimum absolute atomic E-state index is 0.131. The van der Waals surface area contributed by atoms with Gasteiger partial charge in [0.2, 0.25) is 0 Å². The van der Waals surface area contributed by atoms with Gasteiger partial charge in [-0.25, -0.2) is 4.79 Å². The van der Waals surface area contributed by atoms with Crippen LogP contribution in [0.15, 0.2) is 18.5 Å². The summed E-state index contributed by atoms with van der Waals surface area (Å²) in [6.45, 7) is 4.58. The number of pyridine rings is 1. The molecule has 108 valence electrons. The van der Waals surface area contributed by atoms with Crippen molar-refractivity contribution in [2.24, 2.45) is 0 Å². The molecular formula is C15H20N2O3. The van der Waals surface area contributed by atoms with Gasteiger partial charge in [-0.3, -0.25) is 9.78 Å². The Morgan fingerprint density at radius 2 is 2.25 bits per heavy atom. The van der Waals surface area contributed by atoms with Crippen LogP contribution in [0.1, 0.15) is 42.1 Å². The number of aromatic nitrogens is 1. The number of likely N-dealkylation sites (tertiary alicyclic amines) is 1. The Morgan fingerprint density at radius 3 is 2.95 bits per heavy atom. The van der Waals surface area contributed by atoms with Crippen molar-refractivity contribution in [3.8, 4) is 0 Å². The summed E-state index contributed by atoms with van der Waals surface area (Å²) in [7, 11) is 0. The summed E-state index contributed by atoms with van der Waals surface area (Å²) in [6, 6.07) is 1.34. The summed E-state index contributed by atoms with van der Waals surface area (Å²) in [5.74, 6) is -0.435. The van der Waals surface area contributed by atoms with E-state index in [0.717, 1.165) is 18.4 Å². The van der Waals surface area contributed by atoms with Crippen molar-refractivity contribution in [2.45, 2.75) is 39.2 Å². The van der Waals surface area contributed by atoms with E-state index in [0.29, 0.717) is 25.1 Å². The number of ether oxygens (including phenoxy) is 1. The average molecular weight is 276 g/mol. The number of carbonyl (C=O) groups is 2. The van der Waals surface area contributed by atoms with E-state index in [2.05, 4.69) is 4.98 Å². The van der Waals surface area contributed by atoms with Gasteiger partial charge in [-0.2, -0.15) is 0 Å². The first-order valence-electron chi connectivity index (χ1n) is 7.03. The van der Waals surface area contributed by atoms with Crippen LogP contribution in [0.2, 0.25) is 0 Å². The number of aryl methyl sites for hydroxylation is 1. The number of amides is 1. The molecule has 0 radical (unpaired) electrons. The molecule has 20 heavy (non-hydrogen) atoms. The molecule has 0 bridgehead atoms. The third kappa shape index (κ3) is 2.98. The fraction of sp³-hybridized carbons (Fsp3) is 0.533. The Labute approximate surface area is 118 Å². The molecule has 1 aromatic rings. The van der Waals surface area contributed by atoms with Crippen LogP contribution in [0, 0.1) is 6.92 Å². The van der Waals surface area contributed by atoms with E-state index in [-0.39, 0.29) is 11.9 Å². The Hall–Kier alpha value is -1.91. The summed E-state index contributed by atoms with van der Waals surface area (Å²) in [5.41, 5.74) is 1.43. The number of hydrogen-bond donors (Lipinski definition) is 0. The summed E-state index contributed by atoms with van der Waals surface area (Å²) in [5, 5.41) is 0. The van der Waals surface area contributed by atoms with Crippen molar-refractivity contribution in [3.63, 3.8) is 0 Å². The third-order valence-corrected chi connectivity index (χ3v) is 3.59. The third-order valence-electron chi connectivity index (χ3n) is 3.59. The van der Waals surface area contributed by atoms with Crippen molar-refractivity contribution < 1.29 is 14.3 Å². The lowest BCUT2D eigenvalue weighted by Crippen LogP contribution is -2.48. The van der Waals surface area contributed by atoms with E-state index in [1.165, 1.54) is 0 Å². The van der Waals surface area contributed by atoms with Crippen LogP contribution >= 0.6 is 0 Å². The molecule has 2 heterocycles. The fourth-order valence-electron chi connectivity index (χ4n) is 2.50. The first kappa shape index (κ1) is 14.5. The normalized spacial score (nSPS) is 18.7. The molecule has 0 spiro atoms. The quantitative estimate of drug-likeness (QED) is 0.792. The molecule has 0 aromatic carbocycles. The number of nitrogens with zero attached hydrogens (tertiary/aromatic N) is 2. The molecule has 2 rings (SSSR count). The number of carbonyl (C=O) groups excluding carboxylic acids is 2. The Bertz CT molecular complexity index is 502. The average Bonchev–Trinajstić information content (AvgIpc) is 2.47. The van der Waals surface area contributed by atoms with Gasteiger partial charge in [0.15, 0.2) is 0 Å². The highest BCUT2D eigenvalue weighted by molar-refractivity contribution is 5.97. The predicted octanol–water partition coefficient (Wildman–Crippen LogP) is 1.95. The molecular weight excluding hydrogens is 256 g/mol. The van der Waals surface area contributed by atoms with Gasteiger partial charge in [0.1, 0.15) is 6.04 Å². The van der Waals surface area contributed by atoms with Gasteiger partial charge in [-0.15, -0.1) is 0 Å². The van der Waals surface area contributed by atoms with E-state index in [1.807, 2.05) is 6.92 Å². The maximum absolute atomic E-state index is 12.6. The molecule has 1 saturated heterocycles. The fourth-order valence-corrected chi connectivity index (χ4v) is 2.50. The monoisotopic (exact) mass is 276 g/mol. The zero-order valence-corrected chi connectivity index (χ0v) is 12.0. The van der Waals surface area contributed by atoms with Crippen LogP contribution in [0.4, 0.5) is 0 Å². The topological polar surface area (TPSA) is 59.5 Å². The van der Waals surface area contributed by atoms with Gasteiger partial charge in [0, 0.05) is 18.9 Å². The largest absolute Gasteiger partial charge is 0.464 e. The van der Waals surface area contributed by atoms with E-state index in [9.17, 15) is 9.59 Å². The second-order valence-electron chi connectivity index (χ2n) is 4.95. The standard InChI is InChI=1S/C15H20N2O3/c1-3-20-15(19)13-6-4-5-9-17(13)14(18)12-10-16-8-7-11(12)2/h7-8,10,13H,3-6,9H2,1-2H3. The van der Waals surface area contributed by atoms with Crippen LogP contribution < -0.4 is 0 Å². The van der Waals surface area contributed by atoms with Gasteiger partial charge in [-0.05, 0) is 44.7 Å². The second-order valence-corrected chi connectivity index (χ2v) is 4.95. The smallest absolute Gasteiger partial charge is 0.328 e. The predicted molar refractivity (Wildman–Crippen MR) is 74.3 cm³/mol. The van der Waals surface area contributed by atoms with Crippen LogP contribution in [-0.4, -0.2) is 41.0 Å². The maximum atomic E-state index is 12.6. The zero-order valence-electron chi connectivity index (χ0n) is 12.0. The molecule has 0 saturated carbocycles. The minimum Gasteiger partial charge on any atom is -0.464 e. The van der Waals surface area contributed by atoms with E-state index < -0.39 is 6.04 Å². The summed E-state index contributed by atoms with van der Waals surface area (Å²) < 4.78 is 5.08. The lowest BCUT2D eigenvalue weighted by molar-refractivity contribution is -0.149. The zero-order chi connectivity index (χ0) is 14.5. The van der Waals surface area contributed by atoms with Crippen molar-refractivity contribution in [2.75, 3.05) is 13.2 Å². The summed E-state index contributed by atoms with van der Waals surface area (Å²) in [4.78, 5) is 30.2. The Morgan fingerprint density at radius 1 is 1.45 bits per heavy atom. The van der Waals surface area contributed by atoms with Crippen molar-refractivity contribution in [1.82, 2.24) is 9.88 Å². The minimum atomic E-state index is -0.462. The van der Waals surface area contributed by atoms with E-state index >= 15 is 0 Å². The molecule has 1 unspecified atom stereocenters. The lowest BCUT2D eigenvalue weighted by Gasteiger charge is -2.34. The van der Waals surface area contributed by atoms with Crippen LogP contribution in [0.25, 0.3) is 0 Å². The number of piperidine rings is 1. The first-order chi connectivity index (χ1) is 9.65. The maximum Gasteiger partial charge on any atom is 0.328 e. The van der Waals surface area contributed by atoms with Crippen LogP contribution in [-0.2, 0) is 9.53 Å². The highest BCUT2D eigenvalue weighted by Gasteiger charge is 2.34. The molecule has 5 nitrogen and oxygen atoms in total. The molecule has 1 aliphatic rings. The summed E-state index contributed by atoms with van der Waals surface area (Å²) >= 11 is 0. The van der Waals surface area contributed by atoms with Gasteiger partial charge in [-0.1, -0.05) is 0 Å². The molecule has 0 N–H and O–H groups in total. The Kier molecular flexibility index (Phi) is 4.71. The molecule has 1 aliphatic heterocycles. The SMILES string of the molecule is CCOC(=O)C1CCCCN1C(=O)c1cnccc1C. The second kappa shape index (κ2) is 6.50. The van der Waals surface area contributed by atoms with Gasteiger partial charge in [0.05, 0.1) is 12.2 Å². The Balaban J connectivity index is 2.22. The highest BCUT2D eigenvalue weighted by Crippen LogP contribution is 2.21. The first-order valence-corrected chi connectivity index (χ1v) is 7.03. The molecule has 1 atom stereocenters. The summed E-state index contributed by atoms with van der Waals surface area (Å²) in [6.07, 6.45) is 5.75. The van der Waals surface area contributed by atoms with Crippen LogP contribution in [0.3, 0.4) is 0 Å². The van der Waals surface area contributed by atoms with Gasteiger partial charge in [0.25, 0.3) is 5.91 Å². The van der Waals surface area contributed by atoms with Crippen molar-refractivity contribution >= 4 is 11.9 Å². The highest BCUT2D eigenvalue weighted by atomic mass is 16.5. The molecule has 0 aliphatic carbocycles. The van der Waals surface area contributed by atoms with Crippen molar-refractivity contribution in [1.29, 1.82) is 0 Å². The number of hydrogen-bond acceptors (Lipinski definition) is 4. The van der Waals surface area contributed by atoms with Crippen molar-refractivity contribution in [3.05, 3.63) is 29.6 Å². The number of esters is 1. The molecule has 5 heteroatoms. The molecule has 1 fully saturated rings. The molecule has 1 amide bonds. The van der Waals surface area contributed by atoms with Gasteiger partial charge < -0.3 is 9.64 Å². The van der Waals surface area contributed by atoms with Crippen LogP contribution in [0.5, 0.6) is 0 Å². The van der Waals surface area contributed by atoms with E-state index in [4.69, 9.17) is 4.74 Å². The number of rotatable bonds is 3. The van der Waals surface area contributed by atoms with Gasteiger partial charge >= 0.3 is 5.97 Å².